The summed E-state index contributed by atoms with van der Waals surface area (Å²) in [6.45, 7) is 7.75. The molecule has 1 aliphatic carbocycles. The lowest BCUT2D eigenvalue weighted by Gasteiger charge is -2.21. The molecule has 0 aromatic carbocycles. The van der Waals surface area contributed by atoms with Crippen molar-refractivity contribution in [2.75, 3.05) is 0 Å². The topological polar surface area (TPSA) is 54.9 Å². The quantitative estimate of drug-likeness (QED) is 0.804. The van der Waals surface area contributed by atoms with E-state index in [-0.39, 0.29) is 11.4 Å². The number of hydrogen-bond acceptors (Lipinski definition) is 3. The van der Waals surface area contributed by atoms with E-state index in [9.17, 15) is 4.79 Å². The molecule has 0 radical (unpaired) electrons. The smallest absolute Gasteiger partial charge is 0.270 e. The van der Waals surface area contributed by atoms with E-state index >= 15 is 0 Å². The zero-order chi connectivity index (χ0) is 12.6. The van der Waals surface area contributed by atoms with Gasteiger partial charge in [-0.15, -0.1) is 0 Å². The lowest BCUT2D eigenvalue weighted by Crippen LogP contribution is -2.41. The Labute approximate surface area is 102 Å². The van der Waals surface area contributed by atoms with Gasteiger partial charge < -0.3 is 5.32 Å². The molecule has 92 valence electrons. The minimum absolute atomic E-state index is 0.0823. The molecular formula is C13H19N3O. The van der Waals surface area contributed by atoms with Gasteiger partial charge in [0, 0.05) is 16.8 Å². The first-order valence-electron chi connectivity index (χ1n) is 6.06. The van der Waals surface area contributed by atoms with Gasteiger partial charge in [-0.3, -0.25) is 4.79 Å². The molecular weight excluding hydrogens is 214 g/mol. The number of nitrogens with zero attached hydrogens (tertiary/aromatic N) is 2. The normalized spacial score (nSPS) is 14.6. The van der Waals surface area contributed by atoms with Crippen molar-refractivity contribution in [3.8, 4) is 0 Å². The van der Waals surface area contributed by atoms with Gasteiger partial charge in [-0.1, -0.05) is 0 Å². The summed E-state index contributed by atoms with van der Waals surface area (Å²) in [5.41, 5.74) is 2.43. The van der Waals surface area contributed by atoms with Crippen LogP contribution in [0.25, 0.3) is 0 Å². The lowest BCUT2D eigenvalue weighted by molar-refractivity contribution is 0.0913. The van der Waals surface area contributed by atoms with Crippen LogP contribution in [0.15, 0.2) is 0 Å². The van der Waals surface area contributed by atoms with Gasteiger partial charge in [-0.25, -0.2) is 9.97 Å². The summed E-state index contributed by atoms with van der Waals surface area (Å²) < 4.78 is 0. The molecule has 0 saturated heterocycles. The second kappa shape index (κ2) is 4.09. The molecule has 0 spiro atoms. The summed E-state index contributed by atoms with van der Waals surface area (Å²) in [6, 6.07) is 0. The highest BCUT2D eigenvalue weighted by Crippen LogP contribution is 2.23. The first-order chi connectivity index (χ1) is 7.87. The Kier molecular flexibility index (Phi) is 2.89. The van der Waals surface area contributed by atoms with Crippen LogP contribution >= 0.6 is 0 Å². The van der Waals surface area contributed by atoms with Crippen LogP contribution in [0.4, 0.5) is 0 Å². The Balaban J connectivity index is 2.36. The van der Waals surface area contributed by atoms with Crippen LogP contribution in [0.2, 0.25) is 0 Å². The summed E-state index contributed by atoms with van der Waals surface area (Å²) in [6.07, 6.45) is 2.96. The maximum absolute atomic E-state index is 12.2. The van der Waals surface area contributed by atoms with Crippen LogP contribution in [-0.2, 0) is 12.8 Å². The summed E-state index contributed by atoms with van der Waals surface area (Å²) in [5, 5.41) is 2.96. The van der Waals surface area contributed by atoms with Crippen molar-refractivity contribution in [2.45, 2.75) is 52.5 Å². The number of nitrogens with one attached hydrogen (secondary N) is 1. The van der Waals surface area contributed by atoms with Crippen molar-refractivity contribution in [3.63, 3.8) is 0 Å². The predicted molar refractivity (Wildman–Crippen MR) is 66.0 cm³/mol. The van der Waals surface area contributed by atoms with Gasteiger partial charge >= 0.3 is 0 Å². The molecule has 4 heteroatoms. The van der Waals surface area contributed by atoms with E-state index in [1.807, 2.05) is 27.7 Å². The minimum Gasteiger partial charge on any atom is -0.346 e. The Morgan fingerprint density at radius 3 is 2.59 bits per heavy atom. The third kappa shape index (κ3) is 2.62. The van der Waals surface area contributed by atoms with E-state index in [2.05, 4.69) is 15.3 Å². The van der Waals surface area contributed by atoms with Gasteiger partial charge in [0.1, 0.15) is 11.5 Å². The molecule has 1 N–H and O–H groups in total. The van der Waals surface area contributed by atoms with Crippen molar-refractivity contribution in [1.29, 1.82) is 0 Å². The molecule has 1 amide bonds. The molecule has 1 heterocycles. The molecule has 1 aromatic rings. The van der Waals surface area contributed by atoms with Crippen molar-refractivity contribution >= 4 is 5.91 Å². The Hall–Kier alpha value is -1.45. The number of rotatable bonds is 1. The largest absolute Gasteiger partial charge is 0.346 e. The van der Waals surface area contributed by atoms with Gasteiger partial charge in [-0.05, 0) is 47.0 Å². The fourth-order valence-corrected chi connectivity index (χ4v) is 2.14. The molecule has 0 aliphatic heterocycles. The number of fused-ring (bicyclic) bond motifs is 1. The van der Waals surface area contributed by atoms with Gasteiger partial charge in [0.25, 0.3) is 5.91 Å². The maximum Gasteiger partial charge on any atom is 0.270 e. The first-order valence-corrected chi connectivity index (χ1v) is 6.06. The number of carbonyl (C=O) groups is 1. The molecule has 1 aromatic heterocycles. The van der Waals surface area contributed by atoms with E-state index in [0.717, 1.165) is 30.5 Å². The fourth-order valence-electron chi connectivity index (χ4n) is 2.14. The molecule has 1 aliphatic rings. The lowest BCUT2D eigenvalue weighted by atomic mass is 10.1. The van der Waals surface area contributed by atoms with E-state index in [1.54, 1.807) is 0 Å². The number of carbonyl (C=O) groups excluding carboxylic acids is 1. The molecule has 0 bridgehead atoms. The maximum atomic E-state index is 12.2. The van der Waals surface area contributed by atoms with E-state index < -0.39 is 0 Å². The van der Waals surface area contributed by atoms with Crippen molar-refractivity contribution in [1.82, 2.24) is 15.3 Å². The van der Waals surface area contributed by atoms with Gasteiger partial charge in [0.2, 0.25) is 0 Å². The van der Waals surface area contributed by atoms with Crippen molar-refractivity contribution in [2.24, 2.45) is 0 Å². The first kappa shape index (κ1) is 12.0. The van der Waals surface area contributed by atoms with Gasteiger partial charge in [0.05, 0.1) is 0 Å². The van der Waals surface area contributed by atoms with Crippen LogP contribution in [0.1, 0.15) is 54.8 Å². The van der Waals surface area contributed by atoms with E-state index in [1.165, 1.54) is 0 Å². The molecule has 0 unspecified atom stereocenters. The zero-order valence-electron chi connectivity index (χ0n) is 10.9. The summed E-state index contributed by atoms with van der Waals surface area (Å²) in [7, 11) is 0. The highest BCUT2D eigenvalue weighted by Gasteiger charge is 2.24. The molecule has 4 nitrogen and oxygen atoms in total. The average molecular weight is 233 g/mol. The molecule has 0 fully saturated rings. The van der Waals surface area contributed by atoms with Crippen molar-refractivity contribution < 1.29 is 4.79 Å². The monoisotopic (exact) mass is 233 g/mol. The van der Waals surface area contributed by atoms with E-state index in [0.29, 0.717) is 11.5 Å². The predicted octanol–water partition coefficient (Wildman–Crippen LogP) is 1.80. The number of aryl methyl sites for hydroxylation is 2. The Morgan fingerprint density at radius 2 is 1.94 bits per heavy atom. The number of aromatic nitrogens is 2. The minimum atomic E-state index is -0.235. The standard InChI is InChI=1S/C13H19N3O/c1-8-14-10-7-5-6-9(10)11(15-8)12(17)16-13(2,3)4/h5-7H2,1-4H3,(H,16,17). The average Bonchev–Trinajstić information content (AvgIpc) is 2.60. The highest BCUT2D eigenvalue weighted by atomic mass is 16.2. The molecule has 0 atom stereocenters. The molecule has 17 heavy (non-hydrogen) atoms. The van der Waals surface area contributed by atoms with E-state index in [4.69, 9.17) is 0 Å². The summed E-state index contributed by atoms with van der Waals surface area (Å²) in [5.74, 6) is 0.603. The van der Waals surface area contributed by atoms with Crippen LogP contribution < -0.4 is 5.32 Å². The Bertz CT molecular complexity index is 460. The summed E-state index contributed by atoms with van der Waals surface area (Å²) >= 11 is 0. The van der Waals surface area contributed by atoms with Crippen LogP contribution in [0.5, 0.6) is 0 Å². The SMILES string of the molecule is Cc1nc2c(c(C(=O)NC(C)(C)C)n1)CCC2. The van der Waals surface area contributed by atoms with Crippen molar-refractivity contribution in [3.05, 3.63) is 22.8 Å². The zero-order valence-corrected chi connectivity index (χ0v) is 10.9. The van der Waals surface area contributed by atoms with Gasteiger partial charge in [-0.2, -0.15) is 0 Å². The molecule has 2 rings (SSSR count). The van der Waals surface area contributed by atoms with Gasteiger partial charge in [0.15, 0.2) is 0 Å². The number of amides is 1. The second-order valence-corrected chi connectivity index (χ2v) is 5.60. The third-order valence-electron chi connectivity index (χ3n) is 2.75. The Morgan fingerprint density at radius 1 is 1.24 bits per heavy atom. The fraction of sp³-hybridized carbons (Fsp3) is 0.615. The highest BCUT2D eigenvalue weighted by molar-refractivity contribution is 5.94. The second-order valence-electron chi connectivity index (χ2n) is 5.60. The summed E-state index contributed by atoms with van der Waals surface area (Å²) in [4.78, 5) is 20.9. The third-order valence-corrected chi connectivity index (χ3v) is 2.75. The van der Waals surface area contributed by atoms with Crippen LogP contribution in [-0.4, -0.2) is 21.4 Å². The number of hydrogen-bond donors (Lipinski definition) is 1. The van der Waals surface area contributed by atoms with Crippen LogP contribution in [0.3, 0.4) is 0 Å². The van der Waals surface area contributed by atoms with Crippen LogP contribution in [0, 0.1) is 6.92 Å². The molecule has 0 saturated carbocycles.